The molecule has 2 amide bonds. The van der Waals surface area contributed by atoms with Crippen molar-refractivity contribution < 1.29 is 14.3 Å². The molecule has 1 heterocycles. The number of carbonyl (C=O) groups excluding carboxylic acids is 2. The summed E-state index contributed by atoms with van der Waals surface area (Å²) < 4.78 is 5.74. The maximum absolute atomic E-state index is 12.3. The minimum Gasteiger partial charge on any atom is -0.457 e. The van der Waals surface area contributed by atoms with Gasteiger partial charge in [0.05, 0.1) is 6.42 Å². The van der Waals surface area contributed by atoms with Gasteiger partial charge in [-0.2, -0.15) is 0 Å². The zero-order valence-corrected chi connectivity index (χ0v) is 13.1. The van der Waals surface area contributed by atoms with E-state index in [1.54, 1.807) is 0 Å². The largest absolute Gasteiger partial charge is 0.457 e. The summed E-state index contributed by atoms with van der Waals surface area (Å²) in [4.78, 5) is 25.7. The van der Waals surface area contributed by atoms with Gasteiger partial charge in [0.2, 0.25) is 5.91 Å². The number of imide groups is 1. The van der Waals surface area contributed by atoms with Gasteiger partial charge in [-0.1, -0.05) is 18.2 Å². The fraction of sp³-hybridized carbons (Fsp3) is 0.263. The molecule has 0 bridgehead atoms. The van der Waals surface area contributed by atoms with Crippen molar-refractivity contribution in [2.24, 2.45) is 0 Å². The molecule has 2 fully saturated rings. The first-order valence-corrected chi connectivity index (χ1v) is 8.16. The summed E-state index contributed by atoms with van der Waals surface area (Å²) in [5.41, 5.74) is 0.805. The molecule has 0 aromatic heterocycles. The first-order chi connectivity index (χ1) is 11.7. The number of nitrogens with one attached hydrogen (secondary N) is 1. The molecule has 5 heteroatoms. The van der Waals surface area contributed by atoms with E-state index in [9.17, 15) is 9.59 Å². The molecule has 4 rings (SSSR count). The van der Waals surface area contributed by atoms with E-state index < -0.39 is 6.04 Å². The van der Waals surface area contributed by atoms with Crippen LogP contribution in [-0.2, 0) is 9.59 Å². The van der Waals surface area contributed by atoms with E-state index in [0.717, 1.165) is 30.0 Å². The highest BCUT2D eigenvalue weighted by atomic mass is 16.5. The SMILES string of the molecule is O=C1C[C@H](Nc2ccc(Oc3ccccc3)cc2)C(=O)N1C1CC1. The lowest BCUT2D eigenvalue weighted by atomic mass is 10.2. The van der Waals surface area contributed by atoms with Crippen molar-refractivity contribution in [2.75, 3.05) is 5.32 Å². The third-order valence-electron chi connectivity index (χ3n) is 4.27. The minimum absolute atomic E-state index is 0.0657. The second-order valence-electron chi connectivity index (χ2n) is 6.17. The molecule has 2 aliphatic rings. The molecule has 122 valence electrons. The average molecular weight is 322 g/mol. The Balaban J connectivity index is 1.40. The van der Waals surface area contributed by atoms with Gasteiger partial charge in [-0.3, -0.25) is 14.5 Å². The van der Waals surface area contributed by atoms with E-state index in [0.29, 0.717) is 0 Å². The van der Waals surface area contributed by atoms with Crippen LogP contribution in [-0.4, -0.2) is 28.8 Å². The van der Waals surface area contributed by atoms with Gasteiger partial charge in [-0.05, 0) is 49.2 Å². The van der Waals surface area contributed by atoms with Crippen molar-refractivity contribution in [3.05, 3.63) is 54.6 Å². The second kappa shape index (κ2) is 6.00. The lowest BCUT2D eigenvalue weighted by Gasteiger charge is -2.15. The molecule has 2 aromatic carbocycles. The number of ether oxygens (including phenoxy) is 1. The van der Waals surface area contributed by atoms with Gasteiger partial charge >= 0.3 is 0 Å². The minimum atomic E-state index is -0.459. The third-order valence-corrected chi connectivity index (χ3v) is 4.27. The summed E-state index contributed by atoms with van der Waals surface area (Å²) in [6.07, 6.45) is 2.11. The molecule has 2 aromatic rings. The maximum Gasteiger partial charge on any atom is 0.252 e. The molecule has 0 unspecified atom stereocenters. The second-order valence-corrected chi connectivity index (χ2v) is 6.17. The van der Waals surface area contributed by atoms with Crippen LogP contribution in [0.1, 0.15) is 19.3 Å². The van der Waals surface area contributed by atoms with Crippen molar-refractivity contribution >= 4 is 17.5 Å². The molecule has 0 spiro atoms. The molecular formula is C19H18N2O3. The number of hydrogen-bond acceptors (Lipinski definition) is 4. The van der Waals surface area contributed by atoms with Crippen LogP contribution in [0.3, 0.4) is 0 Å². The predicted octanol–water partition coefficient (Wildman–Crippen LogP) is 3.18. The molecule has 1 aliphatic heterocycles. The Morgan fingerprint density at radius 1 is 0.917 bits per heavy atom. The van der Waals surface area contributed by atoms with Gasteiger partial charge in [0.25, 0.3) is 5.91 Å². The first-order valence-electron chi connectivity index (χ1n) is 8.16. The molecule has 1 aliphatic carbocycles. The number of anilines is 1. The Hall–Kier alpha value is -2.82. The number of benzene rings is 2. The van der Waals surface area contributed by atoms with Crippen LogP contribution >= 0.6 is 0 Å². The quantitative estimate of drug-likeness (QED) is 0.859. The number of nitrogens with zero attached hydrogens (tertiary/aromatic N) is 1. The first kappa shape index (κ1) is 14.8. The van der Waals surface area contributed by atoms with Gasteiger partial charge in [0.15, 0.2) is 0 Å². The Labute approximate surface area is 140 Å². The van der Waals surface area contributed by atoms with Gasteiger partial charge < -0.3 is 10.1 Å². The van der Waals surface area contributed by atoms with E-state index in [-0.39, 0.29) is 24.3 Å². The molecule has 1 atom stereocenters. The Bertz CT molecular complexity index is 754. The summed E-state index contributed by atoms with van der Waals surface area (Å²) in [7, 11) is 0. The van der Waals surface area contributed by atoms with E-state index in [2.05, 4.69) is 5.32 Å². The number of rotatable bonds is 5. The summed E-state index contributed by atoms with van der Waals surface area (Å²) in [5, 5.41) is 3.16. The third kappa shape index (κ3) is 2.97. The van der Waals surface area contributed by atoms with Crippen molar-refractivity contribution in [1.29, 1.82) is 0 Å². The van der Waals surface area contributed by atoms with Gasteiger partial charge in [-0.15, -0.1) is 0 Å². The van der Waals surface area contributed by atoms with Crippen LogP contribution in [0, 0.1) is 0 Å². The summed E-state index contributed by atoms with van der Waals surface area (Å²) >= 11 is 0. The highest BCUT2D eigenvalue weighted by molar-refractivity contribution is 6.07. The number of carbonyl (C=O) groups is 2. The van der Waals surface area contributed by atoms with E-state index in [4.69, 9.17) is 4.74 Å². The Kier molecular flexibility index (Phi) is 3.69. The molecule has 1 saturated carbocycles. The fourth-order valence-electron chi connectivity index (χ4n) is 2.93. The highest BCUT2D eigenvalue weighted by Crippen LogP contribution is 2.32. The fourth-order valence-corrected chi connectivity index (χ4v) is 2.93. The molecule has 1 saturated heterocycles. The lowest BCUT2D eigenvalue weighted by molar-refractivity contribution is -0.139. The predicted molar refractivity (Wildman–Crippen MR) is 89.9 cm³/mol. The highest BCUT2D eigenvalue weighted by Gasteiger charge is 2.46. The van der Waals surface area contributed by atoms with Crippen LogP contribution in [0.2, 0.25) is 0 Å². The van der Waals surface area contributed by atoms with Crippen molar-refractivity contribution in [3.8, 4) is 11.5 Å². The topological polar surface area (TPSA) is 58.6 Å². The molecule has 1 N–H and O–H groups in total. The summed E-state index contributed by atoms with van der Waals surface area (Å²) in [6, 6.07) is 16.6. The zero-order chi connectivity index (χ0) is 16.5. The van der Waals surface area contributed by atoms with Gasteiger partial charge in [0, 0.05) is 11.7 Å². The summed E-state index contributed by atoms with van der Waals surface area (Å²) in [5.74, 6) is 1.33. The lowest BCUT2D eigenvalue weighted by Crippen LogP contribution is -2.36. The summed E-state index contributed by atoms with van der Waals surface area (Å²) in [6.45, 7) is 0. The smallest absolute Gasteiger partial charge is 0.252 e. The van der Waals surface area contributed by atoms with E-state index in [1.807, 2.05) is 54.6 Å². The van der Waals surface area contributed by atoms with Crippen LogP contribution in [0.25, 0.3) is 0 Å². The molecule has 0 radical (unpaired) electrons. The number of likely N-dealkylation sites (tertiary alicyclic amines) is 1. The zero-order valence-electron chi connectivity index (χ0n) is 13.1. The van der Waals surface area contributed by atoms with Crippen LogP contribution in [0.4, 0.5) is 5.69 Å². The van der Waals surface area contributed by atoms with Crippen LogP contribution in [0.5, 0.6) is 11.5 Å². The standard InChI is InChI=1S/C19H18N2O3/c22-18-12-17(19(23)21(18)14-8-9-14)20-13-6-10-16(11-7-13)24-15-4-2-1-3-5-15/h1-7,10-11,14,17,20H,8-9,12H2/t17-/m0/s1. The normalized spacial score (nSPS) is 20.3. The average Bonchev–Trinajstić information content (AvgIpc) is 3.38. The molecule has 5 nitrogen and oxygen atoms in total. The Morgan fingerprint density at radius 2 is 1.58 bits per heavy atom. The number of hydrogen-bond donors (Lipinski definition) is 1. The van der Waals surface area contributed by atoms with E-state index >= 15 is 0 Å². The van der Waals surface area contributed by atoms with Gasteiger partial charge in [0.1, 0.15) is 17.5 Å². The maximum atomic E-state index is 12.3. The van der Waals surface area contributed by atoms with Crippen LogP contribution < -0.4 is 10.1 Å². The molecular weight excluding hydrogens is 304 g/mol. The number of para-hydroxylation sites is 1. The van der Waals surface area contributed by atoms with Crippen LogP contribution in [0.15, 0.2) is 54.6 Å². The van der Waals surface area contributed by atoms with E-state index in [1.165, 1.54) is 4.90 Å². The number of amides is 2. The van der Waals surface area contributed by atoms with Crippen molar-refractivity contribution in [2.45, 2.75) is 31.3 Å². The Morgan fingerprint density at radius 3 is 2.25 bits per heavy atom. The van der Waals surface area contributed by atoms with Crippen molar-refractivity contribution in [1.82, 2.24) is 4.90 Å². The van der Waals surface area contributed by atoms with Gasteiger partial charge in [-0.25, -0.2) is 0 Å². The van der Waals surface area contributed by atoms with Crippen molar-refractivity contribution in [3.63, 3.8) is 0 Å². The monoisotopic (exact) mass is 322 g/mol. The molecule has 24 heavy (non-hydrogen) atoms.